The molecule has 0 radical (unpaired) electrons. The average Bonchev–Trinajstić information content (AvgIpc) is 2.83. The maximum atomic E-state index is 5.43. The van der Waals surface area contributed by atoms with Crippen molar-refractivity contribution >= 4 is 16.9 Å². The molecule has 6 heteroatoms. The lowest BCUT2D eigenvalue weighted by molar-refractivity contribution is 0.419. The number of anilines is 1. The second-order valence-electron chi connectivity index (χ2n) is 3.79. The molecule has 0 bridgehead atoms. The molecule has 0 aliphatic carbocycles. The molecule has 3 N–H and O–H groups in total. The monoisotopic (exact) mass is 241 g/mol. The first kappa shape index (κ1) is 10.5. The van der Waals surface area contributed by atoms with E-state index in [1.54, 1.807) is 13.3 Å². The van der Waals surface area contributed by atoms with Gasteiger partial charge in [0.25, 0.3) is 0 Å². The summed E-state index contributed by atoms with van der Waals surface area (Å²) in [6.07, 6.45) is 3.46. The molecule has 6 nitrogen and oxygen atoms in total. The summed E-state index contributed by atoms with van der Waals surface area (Å²) in [6.45, 7) is 0. The van der Waals surface area contributed by atoms with Crippen molar-refractivity contribution in [2.24, 2.45) is 0 Å². The van der Waals surface area contributed by atoms with Gasteiger partial charge >= 0.3 is 0 Å². The van der Waals surface area contributed by atoms with Crippen LogP contribution in [-0.2, 0) is 0 Å². The predicted molar refractivity (Wildman–Crippen MR) is 68.1 cm³/mol. The first-order valence-corrected chi connectivity index (χ1v) is 5.39. The van der Waals surface area contributed by atoms with Gasteiger partial charge < -0.3 is 15.5 Å². The number of aromatic nitrogens is 4. The van der Waals surface area contributed by atoms with E-state index in [9.17, 15) is 0 Å². The predicted octanol–water partition coefficient (Wildman–Crippen LogP) is 1.61. The van der Waals surface area contributed by atoms with Gasteiger partial charge in [-0.25, -0.2) is 4.98 Å². The number of nitrogens with zero attached hydrogens (tertiary/aromatic N) is 3. The number of rotatable bonds is 2. The Bertz CT molecular complexity index is 689. The van der Waals surface area contributed by atoms with Gasteiger partial charge in [0, 0.05) is 17.1 Å². The van der Waals surface area contributed by atoms with Crippen molar-refractivity contribution in [1.29, 1.82) is 0 Å². The Morgan fingerprint density at radius 3 is 2.89 bits per heavy atom. The number of aromatic amines is 1. The number of H-pyrrole nitrogens is 1. The molecule has 0 spiro atoms. The Morgan fingerprint density at radius 1 is 1.28 bits per heavy atom. The highest BCUT2D eigenvalue weighted by Gasteiger charge is 2.10. The van der Waals surface area contributed by atoms with Crippen LogP contribution >= 0.6 is 0 Å². The van der Waals surface area contributed by atoms with Crippen LogP contribution in [0.2, 0.25) is 0 Å². The van der Waals surface area contributed by atoms with Crippen LogP contribution in [0.15, 0.2) is 30.6 Å². The Kier molecular flexibility index (Phi) is 2.33. The number of ether oxygens (including phenoxy) is 1. The number of hydrogen-bond acceptors (Lipinski definition) is 5. The highest BCUT2D eigenvalue weighted by molar-refractivity contribution is 5.97. The maximum Gasteiger partial charge on any atom is 0.240 e. The topological polar surface area (TPSA) is 89.7 Å². The number of fused-ring (bicyclic) bond motifs is 1. The maximum absolute atomic E-state index is 5.43. The highest BCUT2D eigenvalue weighted by atomic mass is 16.5. The fraction of sp³-hybridized carbons (Fsp3) is 0.0833. The SMILES string of the molecule is COc1cccc2c(-c3cnc(N)nn3)c[nH]c12. The molecule has 90 valence electrons. The zero-order valence-corrected chi connectivity index (χ0v) is 9.71. The number of para-hydroxylation sites is 1. The Labute approximate surface area is 103 Å². The van der Waals surface area contributed by atoms with E-state index in [0.717, 1.165) is 22.2 Å². The molecule has 0 saturated carbocycles. The fourth-order valence-electron chi connectivity index (χ4n) is 1.92. The number of nitrogens with two attached hydrogens (primary N) is 1. The van der Waals surface area contributed by atoms with Gasteiger partial charge in [-0.05, 0) is 6.07 Å². The van der Waals surface area contributed by atoms with Crippen LogP contribution in [0.4, 0.5) is 5.95 Å². The molecule has 0 aliphatic rings. The minimum Gasteiger partial charge on any atom is -0.495 e. The third kappa shape index (κ3) is 1.55. The minimum atomic E-state index is 0.163. The molecule has 3 rings (SSSR count). The van der Waals surface area contributed by atoms with Crippen LogP contribution < -0.4 is 10.5 Å². The summed E-state index contributed by atoms with van der Waals surface area (Å²) in [7, 11) is 1.64. The molecular weight excluding hydrogens is 230 g/mol. The lowest BCUT2D eigenvalue weighted by Crippen LogP contribution is -1.97. The van der Waals surface area contributed by atoms with Crippen molar-refractivity contribution in [2.45, 2.75) is 0 Å². The van der Waals surface area contributed by atoms with Gasteiger partial charge in [-0.2, -0.15) is 0 Å². The van der Waals surface area contributed by atoms with Gasteiger partial charge in [0.2, 0.25) is 5.95 Å². The van der Waals surface area contributed by atoms with Crippen LogP contribution in [0.3, 0.4) is 0 Å². The third-order valence-electron chi connectivity index (χ3n) is 2.75. The normalized spacial score (nSPS) is 10.7. The van der Waals surface area contributed by atoms with Crippen LogP contribution in [0.1, 0.15) is 0 Å². The standard InChI is InChI=1S/C12H11N5O/c1-18-10-4-2-3-7-8(5-14-11(7)10)9-6-15-12(13)17-16-9/h2-6,14H,1H3,(H2,13,15,17). The molecule has 0 unspecified atom stereocenters. The van der Waals surface area contributed by atoms with E-state index in [1.807, 2.05) is 24.4 Å². The Balaban J connectivity index is 2.21. The number of hydrogen-bond donors (Lipinski definition) is 2. The first-order valence-electron chi connectivity index (χ1n) is 5.39. The zero-order chi connectivity index (χ0) is 12.5. The number of benzene rings is 1. The molecule has 2 heterocycles. The largest absolute Gasteiger partial charge is 0.495 e. The van der Waals surface area contributed by atoms with Crippen molar-refractivity contribution in [3.05, 3.63) is 30.6 Å². The first-order chi connectivity index (χ1) is 8.79. The molecule has 0 fully saturated rings. The lowest BCUT2D eigenvalue weighted by atomic mass is 10.1. The number of nitrogen functional groups attached to an aromatic ring is 1. The summed E-state index contributed by atoms with van der Waals surface area (Å²) in [5.41, 5.74) is 7.94. The van der Waals surface area contributed by atoms with Crippen molar-refractivity contribution in [3.63, 3.8) is 0 Å². The summed E-state index contributed by atoms with van der Waals surface area (Å²) in [5, 5.41) is 8.79. The van der Waals surface area contributed by atoms with Crippen LogP contribution in [0, 0.1) is 0 Å². The quantitative estimate of drug-likeness (QED) is 0.711. The third-order valence-corrected chi connectivity index (χ3v) is 2.75. The van der Waals surface area contributed by atoms with E-state index in [1.165, 1.54) is 0 Å². The minimum absolute atomic E-state index is 0.163. The van der Waals surface area contributed by atoms with Gasteiger partial charge in [0.1, 0.15) is 11.4 Å². The smallest absolute Gasteiger partial charge is 0.240 e. The van der Waals surface area contributed by atoms with Crippen LogP contribution in [0.25, 0.3) is 22.2 Å². The average molecular weight is 241 g/mol. The van der Waals surface area contributed by atoms with Gasteiger partial charge in [0.15, 0.2) is 0 Å². The Morgan fingerprint density at radius 2 is 2.17 bits per heavy atom. The zero-order valence-electron chi connectivity index (χ0n) is 9.71. The highest BCUT2D eigenvalue weighted by Crippen LogP contribution is 2.31. The molecule has 3 aromatic rings. The van der Waals surface area contributed by atoms with Crippen LogP contribution in [0.5, 0.6) is 5.75 Å². The van der Waals surface area contributed by atoms with Crippen molar-refractivity contribution < 1.29 is 4.74 Å². The summed E-state index contributed by atoms with van der Waals surface area (Å²) in [6, 6.07) is 5.81. The van der Waals surface area contributed by atoms with E-state index in [2.05, 4.69) is 20.2 Å². The van der Waals surface area contributed by atoms with E-state index in [-0.39, 0.29) is 5.95 Å². The summed E-state index contributed by atoms with van der Waals surface area (Å²) in [5.74, 6) is 0.950. The molecule has 0 aliphatic heterocycles. The summed E-state index contributed by atoms with van der Waals surface area (Å²) in [4.78, 5) is 7.11. The van der Waals surface area contributed by atoms with Crippen molar-refractivity contribution in [2.75, 3.05) is 12.8 Å². The second-order valence-corrected chi connectivity index (χ2v) is 3.79. The molecule has 1 aromatic carbocycles. The molecule has 2 aromatic heterocycles. The van der Waals surface area contributed by atoms with E-state index >= 15 is 0 Å². The van der Waals surface area contributed by atoms with Gasteiger partial charge in [-0.1, -0.05) is 12.1 Å². The number of nitrogens with one attached hydrogen (secondary N) is 1. The van der Waals surface area contributed by atoms with E-state index in [4.69, 9.17) is 10.5 Å². The van der Waals surface area contributed by atoms with Crippen LogP contribution in [-0.4, -0.2) is 27.3 Å². The summed E-state index contributed by atoms with van der Waals surface area (Å²) >= 11 is 0. The second kappa shape index (κ2) is 3.99. The molecular formula is C12H11N5O. The molecule has 18 heavy (non-hydrogen) atoms. The molecule has 0 amide bonds. The fourth-order valence-corrected chi connectivity index (χ4v) is 1.92. The van der Waals surface area contributed by atoms with Crippen molar-refractivity contribution in [1.82, 2.24) is 20.2 Å². The van der Waals surface area contributed by atoms with Crippen molar-refractivity contribution in [3.8, 4) is 17.0 Å². The molecule has 0 atom stereocenters. The Hall–Kier alpha value is -2.63. The van der Waals surface area contributed by atoms with E-state index < -0.39 is 0 Å². The number of methoxy groups -OCH3 is 1. The van der Waals surface area contributed by atoms with E-state index in [0.29, 0.717) is 5.69 Å². The summed E-state index contributed by atoms with van der Waals surface area (Å²) < 4.78 is 5.29. The van der Waals surface area contributed by atoms with Gasteiger partial charge in [0.05, 0.1) is 18.8 Å². The lowest BCUT2D eigenvalue weighted by Gasteiger charge is -2.01. The molecule has 0 saturated heterocycles. The van der Waals surface area contributed by atoms with Gasteiger partial charge in [-0.3, -0.25) is 0 Å². The van der Waals surface area contributed by atoms with Gasteiger partial charge in [-0.15, -0.1) is 10.2 Å².